The highest BCUT2D eigenvalue weighted by Crippen LogP contribution is 2.29. The van der Waals surface area contributed by atoms with Crippen molar-refractivity contribution in [1.29, 1.82) is 0 Å². The molecule has 6 rings (SSSR count). The van der Waals surface area contributed by atoms with E-state index in [-0.39, 0.29) is 11.9 Å². The molecule has 1 aliphatic carbocycles. The predicted molar refractivity (Wildman–Crippen MR) is 147 cm³/mol. The summed E-state index contributed by atoms with van der Waals surface area (Å²) in [5.74, 6) is 1.17. The van der Waals surface area contributed by atoms with Crippen LogP contribution in [0, 0.1) is 0 Å². The molecule has 37 heavy (non-hydrogen) atoms. The first-order chi connectivity index (χ1) is 18.2. The maximum atomic E-state index is 11.4. The first-order valence-corrected chi connectivity index (χ1v) is 13.4. The fourth-order valence-corrected chi connectivity index (χ4v) is 5.62. The zero-order valence-corrected chi connectivity index (χ0v) is 21.1. The number of allylic oxidation sites excluding steroid dienone is 1. The number of imidazole rings is 1. The van der Waals surface area contributed by atoms with E-state index in [1.54, 1.807) is 0 Å². The van der Waals surface area contributed by atoms with Crippen LogP contribution in [0.25, 0.3) is 11.0 Å². The van der Waals surface area contributed by atoms with Gasteiger partial charge in [0.05, 0.1) is 23.6 Å². The van der Waals surface area contributed by atoms with Gasteiger partial charge in [-0.15, -0.1) is 0 Å². The fourth-order valence-electron chi connectivity index (χ4n) is 5.62. The molecule has 3 heterocycles. The second-order valence-corrected chi connectivity index (χ2v) is 10.3. The summed E-state index contributed by atoms with van der Waals surface area (Å²) in [6.07, 6.45) is 12.3. The van der Waals surface area contributed by atoms with Gasteiger partial charge in [0.2, 0.25) is 5.91 Å². The van der Waals surface area contributed by atoms with Crippen LogP contribution in [0.1, 0.15) is 42.6 Å². The van der Waals surface area contributed by atoms with Crippen LogP contribution in [0.15, 0.2) is 77.3 Å². The summed E-state index contributed by atoms with van der Waals surface area (Å²) in [7, 11) is 0. The van der Waals surface area contributed by atoms with Crippen molar-refractivity contribution in [2.24, 2.45) is 4.99 Å². The van der Waals surface area contributed by atoms with Crippen LogP contribution in [-0.2, 0) is 24.4 Å². The largest absolute Gasteiger partial charge is 0.352 e. The van der Waals surface area contributed by atoms with Gasteiger partial charge in [0.15, 0.2) is 0 Å². The van der Waals surface area contributed by atoms with Crippen molar-refractivity contribution >= 4 is 23.2 Å². The summed E-state index contributed by atoms with van der Waals surface area (Å²) in [6, 6.07) is 18.0. The summed E-state index contributed by atoms with van der Waals surface area (Å²) in [4.78, 5) is 27.0. The number of rotatable bonds is 9. The lowest BCUT2D eigenvalue weighted by atomic mass is 9.89. The minimum Gasteiger partial charge on any atom is -0.352 e. The van der Waals surface area contributed by atoms with Crippen LogP contribution in [0.4, 0.5) is 0 Å². The van der Waals surface area contributed by atoms with E-state index in [1.165, 1.54) is 16.7 Å². The maximum Gasteiger partial charge on any atom is 0.220 e. The van der Waals surface area contributed by atoms with E-state index in [2.05, 4.69) is 74.1 Å². The number of fused-ring (bicyclic) bond motifs is 2. The van der Waals surface area contributed by atoms with Gasteiger partial charge in [0.25, 0.3) is 0 Å². The van der Waals surface area contributed by atoms with Gasteiger partial charge < -0.3 is 15.6 Å². The van der Waals surface area contributed by atoms with E-state index in [4.69, 9.17) is 4.98 Å². The first kappa shape index (κ1) is 23.8. The van der Waals surface area contributed by atoms with Gasteiger partial charge in [0.1, 0.15) is 5.82 Å². The zero-order chi connectivity index (χ0) is 25.0. The predicted octanol–water partition coefficient (Wildman–Crippen LogP) is 4.03. The van der Waals surface area contributed by atoms with Gasteiger partial charge >= 0.3 is 0 Å². The molecule has 3 N–H and O–H groups in total. The molecule has 7 nitrogen and oxygen atoms in total. The molecule has 0 radical (unpaired) electrons. The Labute approximate surface area is 217 Å². The molecule has 3 atom stereocenters. The number of dihydropyridines is 1. The van der Waals surface area contributed by atoms with Gasteiger partial charge in [-0.05, 0) is 54.2 Å². The molecule has 1 aromatic heterocycles. The number of H-pyrrole nitrogens is 1. The summed E-state index contributed by atoms with van der Waals surface area (Å²) < 4.78 is 0. The standard InChI is InChI=1S/C30H34N6O/c37-30-14-11-24(33-30)18-31-17-21-7-9-22(10-8-21)19-36(20-29-34-27-5-1-2-6-28(27)35-29)25-12-13-26-23(16-25)4-3-15-32-26/h1-10,15-16,24-26,31H,11-14,17-20H2,(H,33,37)(H,34,35)/t24-,25?,26?/m0/s1. The third kappa shape index (κ3) is 5.73. The number of aromatic nitrogens is 2. The molecule has 3 aliphatic rings. The molecular formula is C30H34N6O. The lowest BCUT2D eigenvalue weighted by molar-refractivity contribution is -0.119. The lowest BCUT2D eigenvalue weighted by Crippen LogP contribution is -2.37. The van der Waals surface area contributed by atoms with Crippen molar-refractivity contribution in [3.8, 4) is 0 Å². The van der Waals surface area contributed by atoms with Crippen molar-refractivity contribution in [1.82, 2.24) is 25.5 Å². The average molecular weight is 495 g/mol. The number of amides is 1. The highest BCUT2D eigenvalue weighted by Gasteiger charge is 2.27. The minimum absolute atomic E-state index is 0.166. The number of nitrogens with zero attached hydrogens (tertiary/aromatic N) is 3. The van der Waals surface area contributed by atoms with Crippen molar-refractivity contribution < 1.29 is 4.79 Å². The number of hydrogen-bond donors (Lipinski definition) is 3. The second kappa shape index (κ2) is 10.8. The van der Waals surface area contributed by atoms with Crippen LogP contribution in [-0.4, -0.2) is 51.7 Å². The Morgan fingerprint density at radius 3 is 2.70 bits per heavy atom. The number of carbonyl (C=O) groups is 1. The molecule has 3 aromatic rings. The summed E-state index contributed by atoms with van der Waals surface area (Å²) >= 11 is 0. The second-order valence-electron chi connectivity index (χ2n) is 10.3. The summed E-state index contributed by atoms with van der Waals surface area (Å²) in [5.41, 5.74) is 5.97. The van der Waals surface area contributed by atoms with E-state index >= 15 is 0 Å². The molecule has 2 aliphatic heterocycles. The third-order valence-electron chi connectivity index (χ3n) is 7.62. The van der Waals surface area contributed by atoms with E-state index in [9.17, 15) is 4.79 Å². The van der Waals surface area contributed by atoms with Gasteiger partial charge in [0, 0.05) is 44.4 Å². The quantitative estimate of drug-likeness (QED) is 0.419. The molecule has 1 fully saturated rings. The van der Waals surface area contributed by atoms with Gasteiger partial charge in [-0.25, -0.2) is 4.98 Å². The number of para-hydroxylation sites is 2. The van der Waals surface area contributed by atoms with E-state index in [1.807, 2.05) is 24.4 Å². The normalized spacial score (nSPS) is 22.9. The first-order valence-electron chi connectivity index (χ1n) is 13.4. The highest BCUT2D eigenvalue weighted by molar-refractivity contribution is 5.78. The Morgan fingerprint density at radius 1 is 1.00 bits per heavy atom. The zero-order valence-electron chi connectivity index (χ0n) is 21.1. The number of benzene rings is 2. The van der Waals surface area contributed by atoms with E-state index in [0.717, 1.165) is 62.3 Å². The molecule has 0 bridgehead atoms. The number of hydrogen-bond acceptors (Lipinski definition) is 5. The molecule has 7 heteroatoms. The summed E-state index contributed by atoms with van der Waals surface area (Å²) in [5, 5.41) is 6.50. The number of aromatic amines is 1. The van der Waals surface area contributed by atoms with Crippen molar-refractivity contribution in [3.63, 3.8) is 0 Å². The molecule has 2 aromatic carbocycles. The highest BCUT2D eigenvalue weighted by atomic mass is 16.1. The third-order valence-corrected chi connectivity index (χ3v) is 7.62. The maximum absolute atomic E-state index is 11.4. The van der Waals surface area contributed by atoms with E-state index in [0.29, 0.717) is 18.5 Å². The van der Waals surface area contributed by atoms with Crippen molar-refractivity contribution in [2.45, 2.75) is 63.4 Å². The van der Waals surface area contributed by atoms with E-state index < -0.39 is 0 Å². The van der Waals surface area contributed by atoms with Crippen LogP contribution in [0.3, 0.4) is 0 Å². The lowest BCUT2D eigenvalue weighted by Gasteiger charge is -2.34. The minimum atomic E-state index is 0.166. The van der Waals surface area contributed by atoms with Crippen LogP contribution in [0.5, 0.6) is 0 Å². The topological polar surface area (TPSA) is 85.4 Å². The molecule has 1 amide bonds. The van der Waals surface area contributed by atoms with Crippen molar-refractivity contribution in [3.05, 3.63) is 89.3 Å². The Hall–Kier alpha value is -3.55. The van der Waals surface area contributed by atoms with Crippen LogP contribution in [0.2, 0.25) is 0 Å². The molecule has 190 valence electrons. The molecular weight excluding hydrogens is 460 g/mol. The Kier molecular flexibility index (Phi) is 6.97. The van der Waals surface area contributed by atoms with Gasteiger partial charge in [-0.3, -0.25) is 14.7 Å². The molecule has 0 saturated carbocycles. The Bertz CT molecular complexity index is 1300. The number of nitrogens with one attached hydrogen (secondary N) is 3. The van der Waals surface area contributed by atoms with Crippen LogP contribution < -0.4 is 10.6 Å². The number of aliphatic imine (C=N–C) groups is 1. The van der Waals surface area contributed by atoms with Gasteiger partial charge in [-0.1, -0.05) is 48.6 Å². The smallest absolute Gasteiger partial charge is 0.220 e. The Balaban J connectivity index is 1.15. The SMILES string of the molecule is O=C1CC[C@@H](CNCc2ccc(CN(Cc3nc4ccccc4[nH]3)C3C=C4C=CC=NC4CC3)cc2)N1. The Morgan fingerprint density at radius 2 is 1.86 bits per heavy atom. The van der Waals surface area contributed by atoms with Crippen molar-refractivity contribution in [2.75, 3.05) is 6.54 Å². The molecule has 2 unspecified atom stereocenters. The molecule has 1 saturated heterocycles. The number of carbonyl (C=O) groups excluding carboxylic acids is 1. The fraction of sp³-hybridized carbons (Fsp3) is 0.367. The average Bonchev–Trinajstić information content (AvgIpc) is 3.54. The summed E-state index contributed by atoms with van der Waals surface area (Å²) in [6.45, 7) is 3.23. The van der Waals surface area contributed by atoms with Crippen LogP contribution >= 0.6 is 0 Å². The van der Waals surface area contributed by atoms with Gasteiger partial charge in [-0.2, -0.15) is 0 Å². The monoisotopic (exact) mass is 494 g/mol. The molecule has 0 spiro atoms.